The Balaban J connectivity index is 0.000000480. The summed E-state index contributed by atoms with van der Waals surface area (Å²) in [5, 5.41) is 23.4. The number of carboxylic acids is 1. The number of amides is 1. The number of benzene rings is 2. The summed E-state index contributed by atoms with van der Waals surface area (Å²) in [7, 11) is 3.65. The third kappa shape index (κ3) is 5.98. The van der Waals surface area contributed by atoms with Crippen molar-refractivity contribution in [2.24, 2.45) is 11.8 Å². The lowest BCUT2D eigenvalue weighted by molar-refractivity contribution is -0.145. The fraction of sp³-hybridized carbons (Fsp3) is 0.517. The predicted molar refractivity (Wildman–Crippen MR) is 143 cm³/mol. The Morgan fingerprint density at radius 1 is 1.22 bits per heavy atom. The van der Waals surface area contributed by atoms with E-state index in [-0.39, 0.29) is 11.8 Å². The van der Waals surface area contributed by atoms with Crippen molar-refractivity contribution in [2.45, 2.75) is 63.8 Å². The summed E-state index contributed by atoms with van der Waals surface area (Å²) >= 11 is 0. The van der Waals surface area contributed by atoms with Crippen LogP contribution < -0.4 is 20.3 Å². The molecule has 1 saturated carbocycles. The maximum Gasteiger partial charge on any atom is 0.332 e. The molecule has 6 unspecified atom stereocenters. The fourth-order valence-electron chi connectivity index (χ4n) is 5.50. The molecule has 0 spiro atoms. The van der Waals surface area contributed by atoms with Gasteiger partial charge in [-0.05, 0) is 61.4 Å². The van der Waals surface area contributed by atoms with Crippen LogP contribution in [0.5, 0.6) is 5.75 Å². The molecule has 37 heavy (non-hydrogen) atoms. The minimum absolute atomic E-state index is 0.178. The zero-order valence-corrected chi connectivity index (χ0v) is 22.1. The summed E-state index contributed by atoms with van der Waals surface area (Å²) in [4.78, 5) is 23.8. The van der Waals surface area contributed by atoms with Crippen molar-refractivity contribution in [1.29, 1.82) is 0 Å². The first kappa shape index (κ1) is 27.1. The average Bonchev–Trinajstić information content (AvgIpc) is 3.72. The Morgan fingerprint density at radius 2 is 1.92 bits per heavy atom. The van der Waals surface area contributed by atoms with Gasteiger partial charge in [0.05, 0.1) is 7.11 Å². The van der Waals surface area contributed by atoms with Gasteiger partial charge < -0.3 is 30.5 Å². The number of carbonyl (C=O) groups excluding carboxylic acids is 1. The number of anilines is 1. The van der Waals surface area contributed by atoms with E-state index in [9.17, 15) is 9.59 Å². The second-order valence-electron chi connectivity index (χ2n) is 10.4. The van der Waals surface area contributed by atoms with Gasteiger partial charge in [-0.3, -0.25) is 4.79 Å². The topological polar surface area (TPSA) is 111 Å². The molecule has 0 bridgehead atoms. The number of aliphatic carboxylic acids is 1. The number of aliphatic hydroxyl groups is 1. The van der Waals surface area contributed by atoms with Gasteiger partial charge in [0.25, 0.3) is 0 Å². The summed E-state index contributed by atoms with van der Waals surface area (Å²) in [5.41, 5.74) is 4.76. The van der Waals surface area contributed by atoms with Crippen LogP contribution in [0.15, 0.2) is 42.5 Å². The number of hydrogen-bond acceptors (Lipinski definition) is 6. The second kappa shape index (κ2) is 11.6. The SMILES string of the molecule is CC(O)C(=O)O.CCC1CNC(c2ccccc2)C(NCc2cc3c(cc2OC)C2CC2C(=O)N3C)C1. The number of ether oxygens (including phenoxy) is 1. The van der Waals surface area contributed by atoms with E-state index in [1.165, 1.54) is 24.5 Å². The highest BCUT2D eigenvalue weighted by Gasteiger charge is 2.50. The number of hydrogen-bond donors (Lipinski definition) is 4. The maximum atomic E-state index is 12.5. The molecule has 5 rings (SSSR count). The molecule has 2 aromatic carbocycles. The minimum atomic E-state index is -1.23. The zero-order valence-electron chi connectivity index (χ0n) is 22.1. The minimum Gasteiger partial charge on any atom is -0.496 e. The van der Waals surface area contributed by atoms with Gasteiger partial charge in [0.2, 0.25) is 5.91 Å². The standard InChI is InChI=1S/C26H33N3O2.C3H6O3/c1-4-16-10-22(25(28-14-16)17-8-6-5-7-9-17)27-15-18-11-23-20(13-24(18)31-3)19-12-21(19)26(30)29(23)2;1-2(4)3(5)6/h5-9,11,13,16,19,21-22,25,27-28H,4,10,12,14-15H2,1-3H3;2,4H,1H3,(H,5,6). The molecule has 1 saturated heterocycles. The number of carbonyl (C=O) groups is 2. The predicted octanol–water partition coefficient (Wildman–Crippen LogP) is 3.45. The summed E-state index contributed by atoms with van der Waals surface area (Å²) in [6, 6.07) is 15.7. The molecule has 0 aromatic heterocycles. The molecule has 1 amide bonds. The first-order chi connectivity index (χ1) is 17.7. The molecule has 8 heteroatoms. The molecule has 1 aliphatic carbocycles. The third-order valence-electron chi connectivity index (χ3n) is 7.89. The van der Waals surface area contributed by atoms with Crippen molar-refractivity contribution >= 4 is 17.6 Å². The first-order valence-corrected chi connectivity index (χ1v) is 13.2. The van der Waals surface area contributed by atoms with Crippen molar-refractivity contribution in [3.63, 3.8) is 0 Å². The molecular weight excluding hydrogens is 470 g/mol. The van der Waals surface area contributed by atoms with Crippen LogP contribution in [0.3, 0.4) is 0 Å². The average molecular weight is 510 g/mol. The van der Waals surface area contributed by atoms with Gasteiger partial charge in [-0.25, -0.2) is 4.79 Å². The van der Waals surface area contributed by atoms with E-state index in [4.69, 9.17) is 14.9 Å². The van der Waals surface area contributed by atoms with E-state index in [0.717, 1.165) is 42.9 Å². The van der Waals surface area contributed by atoms with Crippen LogP contribution in [-0.4, -0.2) is 54.9 Å². The molecule has 3 aliphatic rings. The van der Waals surface area contributed by atoms with E-state index in [1.807, 2.05) is 11.9 Å². The molecule has 2 aliphatic heterocycles. The highest BCUT2D eigenvalue weighted by atomic mass is 16.5. The van der Waals surface area contributed by atoms with Crippen LogP contribution in [0.1, 0.15) is 61.8 Å². The van der Waals surface area contributed by atoms with E-state index in [1.54, 1.807) is 7.11 Å². The molecule has 2 fully saturated rings. The van der Waals surface area contributed by atoms with Crippen molar-refractivity contribution in [2.75, 3.05) is 25.6 Å². The number of rotatable bonds is 7. The highest BCUT2D eigenvalue weighted by molar-refractivity contribution is 6.01. The monoisotopic (exact) mass is 509 g/mol. The van der Waals surface area contributed by atoms with Crippen LogP contribution in [0.25, 0.3) is 0 Å². The van der Waals surface area contributed by atoms with Gasteiger partial charge >= 0.3 is 5.97 Å². The Kier molecular flexibility index (Phi) is 8.52. The summed E-state index contributed by atoms with van der Waals surface area (Å²) in [6.07, 6.45) is 2.08. The molecule has 200 valence electrons. The highest BCUT2D eigenvalue weighted by Crippen LogP contribution is 2.56. The van der Waals surface area contributed by atoms with E-state index in [2.05, 4.69) is 60.0 Å². The molecule has 6 atom stereocenters. The quantitative estimate of drug-likeness (QED) is 0.452. The number of nitrogens with zero attached hydrogens (tertiary/aromatic N) is 1. The van der Waals surface area contributed by atoms with Gasteiger partial charge in [-0.1, -0.05) is 43.7 Å². The van der Waals surface area contributed by atoms with E-state index in [0.29, 0.717) is 23.9 Å². The molecule has 8 nitrogen and oxygen atoms in total. The van der Waals surface area contributed by atoms with Gasteiger partial charge in [-0.2, -0.15) is 0 Å². The molecule has 0 radical (unpaired) electrons. The van der Waals surface area contributed by atoms with Crippen LogP contribution in [0.2, 0.25) is 0 Å². The number of nitrogens with one attached hydrogen (secondary N) is 2. The van der Waals surface area contributed by atoms with E-state index >= 15 is 0 Å². The molecule has 4 N–H and O–H groups in total. The molecule has 2 heterocycles. The normalized spacial score (nSPS) is 26.8. The largest absolute Gasteiger partial charge is 0.496 e. The number of carboxylic acid groups (broad SMARTS) is 1. The van der Waals surface area contributed by atoms with Crippen molar-refractivity contribution < 1.29 is 24.5 Å². The van der Waals surface area contributed by atoms with Gasteiger partial charge in [-0.15, -0.1) is 0 Å². The van der Waals surface area contributed by atoms with Crippen molar-refractivity contribution in [3.05, 3.63) is 59.2 Å². The van der Waals surface area contributed by atoms with E-state index < -0.39 is 12.1 Å². The van der Waals surface area contributed by atoms with Crippen molar-refractivity contribution in [1.82, 2.24) is 10.6 Å². The lowest BCUT2D eigenvalue weighted by Crippen LogP contribution is -2.49. The number of fused-ring (bicyclic) bond motifs is 3. The third-order valence-corrected chi connectivity index (χ3v) is 7.89. The number of methoxy groups -OCH3 is 1. The maximum absolute atomic E-state index is 12.5. The Labute approximate surface area is 219 Å². The fourth-order valence-corrected chi connectivity index (χ4v) is 5.50. The van der Waals surface area contributed by atoms with Crippen LogP contribution in [-0.2, 0) is 16.1 Å². The van der Waals surface area contributed by atoms with Gasteiger partial charge in [0.1, 0.15) is 11.9 Å². The van der Waals surface area contributed by atoms with Crippen LogP contribution >= 0.6 is 0 Å². The molecule has 2 aromatic rings. The van der Waals surface area contributed by atoms with Crippen LogP contribution in [0, 0.1) is 11.8 Å². The lowest BCUT2D eigenvalue weighted by atomic mass is 9.85. The molecular formula is C29H39N3O5. The number of piperidine rings is 1. The second-order valence-corrected chi connectivity index (χ2v) is 10.4. The van der Waals surface area contributed by atoms with Crippen LogP contribution in [0.4, 0.5) is 5.69 Å². The summed E-state index contributed by atoms with van der Waals surface area (Å²) < 4.78 is 5.77. The smallest absolute Gasteiger partial charge is 0.332 e. The lowest BCUT2D eigenvalue weighted by Gasteiger charge is -2.38. The number of aliphatic hydroxyl groups excluding tert-OH is 1. The summed E-state index contributed by atoms with van der Waals surface area (Å²) in [5.74, 6) is 1.23. The first-order valence-electron chi connectivity index (χ1n) is 13.2. The van der Waals surface area contributed by atoms with Crippen molar-refractivity contribution in [3.8, 4) is 5.75 Å². The zero-order chi connectivity index (χ0) is 26.7. The Morgan fingerprint density at radius 3 is 2.54 bits per heavy atom. The Hall–Kier alpha value is -2.94. The van der Waals surface area contributed by atoms with Gasteiger partial charge in [0, 0.05) is 42.8 Å². The Bertz CT molecular complexity index is 1110. The van der Waals surface area contributed by atoms with Gasteiger partial charge in [0.15, 0.2) is 0 Å². The summed E-state index contributed by atoms with van der Waals surface area (Å²) in [6.45, 7) is 5.25.